The zero-order valence-electron chi connectivity index (χ0n) is 20.0. The minimum Gasteiger partial charge on any atom is -0.227 e. The van der Waals surface area contributed by atoms with Crippen LogP contribution >= 0.6 is 23.2 Å². The summed E-state index contributed by atoms with van der Waals surface area (Å²) in [6.07, 6.45) is 5.62. The summed E-state index contributed by atoms with van der Waals surface area (Å²) in [5.41, 5.74) is 1.25. The summed E-state index contributed by atoms with van der Waals surface area (Å²) in [7, 11) is -4.23. The summed E-state index contributed by atoms with van der Waals surface area (Å²) in [6.45, 7) is 0. The van der Waals surface area contributed by atoms with Crippen molar-refractivity contribution in [1.29, 1.82) is 0 Å². The molecule has 2 atom stereocenters. The molecule has 0 saturated carbocycles. The highest BCUT2D eigenvalue weighted by atomic mass is 35.5. The smallest absolute Gasteiger partial charge is 0.171 e. The second-order valence-corrected chi connectivity index (χ2v) is 11.6. The van der Waals surface area contributed by atoms with E-state index in [0.29, 0.717) is 11.1 Å². The molecule has 2 nitrogen and oxygen atoms in total. The summed E-state index contributed by atoms with van der Waals surface area (Å²) in [5.74, 6) is -2.22. The predicted octanol–water partition coefficient (Wildman–Crippen LogP) is 9.17. The molecule has 0 amide bonds. The zero-order valence-corrected chi connectivity index (χ0v) is 22.4. The third kappa shape index (κ3) is 6.98. The highest BCUT2D eigenvalue weighted by molar-refractivity contribution is 7.92. The Bertz CT molecular complexity index is 1520. The van der Waals surface area contributed by atoms with E-state index in [1.165, 1.54) is 72.8 Å². The molecule has 0 heterocycles. The van der Waals surface area contributed by atoms with E-state index in [1.807, 2.05) is 0 Å². The first kappa shape index (κ1) is 28.6. The Morgan fingerprint density at radius 3 is 1.21 bits per heavy atom. The standard InChI is InChI=1S/C30H20Cl2F4O2S/c31-27-17-25(35)13-1-19(27)7-15-29(21-3-9-23(33)10-4-21)39(37,38)30(22-5-11-24(34)12-6-22)16-8-20-2-14-26(36)18-28(20)32/h1-18,29-30H/b15-7+,16-8+. The fourth-order valence-electron chi connectivity index (χ4n) is 3.94. The van der Waals surface area contributed by atoms with Crippen molar-refractivity contribution in [1.82, 2.24) is 0 Å². The normalized spacial score (nSPS) is 13.7. The van der Waals surface area contributed by atoms with Gasteiger partial charge in [0, 0.05) is 0 Å². The molecule has 0 fully saturated rings. The number of halogens is 6. The van der Waals surface area contributed by atoms with E-state index < -0.39 is 43.6 Å². The summed E-state index contributed by atoms with van der Waals surface area (Å²) in [5, 5.41) is -2.49. The molecular formula is C30H20Cl2F4O2S. The molecule has 200 valence electrons. The Hall–Kier alpha value is -3.39. The lowest BCUT2D eigenvalue weighted by atomic mass is 10.1. The van der Waals surface area contributed by atoms with Gasteiger partial charge in [-0.25, -0.2) is 26.0 Å². The molecule has 2 unspecified atom stereocenters. The monoisotopic (exact) mass is 590 g/mol. The minimum atomic E-state index is -4.23. The van der Waals surface area contributed by atoms with Crippen LogP contribution in [0.3, 0.4) is 0 Å². The zero-order chi connectivity index (χ0) is 28.2. The van der Waals surface area contributed by atoms with E-state index >= 15 is 0 Å². The molecule has 0 bridgehead atoms. The lowest BCUT2D eigenvalue weighted by Gasteiger charge is -2.22. The lowest BCUT2D eigenvalue weighted by Crippen LogP contribution is -2.19. The van der Waals surface area contributed by atoms with E-state index in [9.17, 15) is 26.0 Å². The molecule has 0 aliphatic carbocycles. The van der Waals surface area contributed by atoms with Crippen molar-refractivity contribution >= 4 is 45.2 Å². The van der Waals surface area contributed by atoms with Crippen molar-refractivity contribution in [2.45, 2.75) is 10.5 Å². The Kier molecular flexibility index (Phi) is 8.95. The Morgan fingerprint density at radius 2 is 0.872 bits per heavy atom. The van der Waals surface area contributed by atoms with Gasteiger partial charge in [-0.2, -0.15) is 0 Å². The van der Waals surface area contributed by atoms with Gasteiger partial charge < -0.3 is 0 Å². The molecule has 0 N–H and O–H groups in total. The van der Waals surface area contributed by atoms with Crippen LogP contribution in [-0.4, -0.2) is 8.42 Å². The van der Waals surface area contributed by atoms with Gasteiger partial charge in [0.2, 0.25) is 0 Å². The van der Waals surface area contributed by atoms with Crippen molar-refractivity contribution < 1.29 is 26.0 Å². The SMILES string of the molecule is O=S(=O)(C(/C=C/c1ccc(F)cc1Cl)c1ccc(F)cc1)C(/C=C/c1ccc(F)cc1Cl)c1ccc(F)cc1. The highest BCUT2D eigenvalue weighted by Crippen LogP contribution is 2.38. The van der Waals surface area contributed by atoms with Gasteiger partial charge in [0.25, 0.3) is 0 Å². The van der Waals surface area contributed by atoms with Crippen LogP contribution in [0.25, 0.3) is 12.2 Å². The van der Waals surface area contributed by atoms with Crippen LogP contribution in [0.1, 0.15) is 32.8 Å². The summed E-state index contributed by atoms with van der Waals surface area (Å²) in [4.78, 5) is 0. The highest BCUT2D eigenvalue weighted by Gasteiger charge is 2.33. The van der Waals surface area contributed by atoms with Crippen molar-refractivity contribution in [2.75, 3.05) is 0 Å². The van der Waals surface area contributed by atoms with Crippen LogP contribution < -0.4 is 0 Å². The fraction of sp³-hybridized carbons (Fsp3) is 0.0667. The van der Waals surface area contributed by atoms with E-state index in [2.05, 4.69) is 0 Å². The molecule has 0 saturated heterocycles. The van der Waals surface area contributed by atoms with Crippen molar-refractivity contribution in [3.8, 4) is 0 Å². The largest absolute Gasteiger partial charge is 0.227 e. The molecule has 4 aromatic rings. The second-order valence-electron chi connectivity index (χ2n) is 8.58. The van der Waals surface area contributed by atoms with Gasteiger partial charge in [-0.05, 0) is 70.8 Å². The molecular weight excluding hydrogens is 571 g/mol. The summed E-state index contributed by atoms with van der Waals surface area (Å²) in [6, 6.07) is 17.3. The third-order valence-electron chi connectivity index (χ3n) is 5.93. The average molecular weight is 591 g/mol. The lowest BCUT2D eigenvalue weighted by molar-refractivity contribution is 0.583. The molecule has 4 aromatic carbocycles. The van der Waals surface area contributed by atoms with Crippen molar-refractivity contribution in [2.24, 2.45) is 0 Å². The number of hydrogen-bond donors (Lipinski definition) is 0. The van der Waals surface area contributed by atoms with Crippen LogP contribution in [0.4, 0.5) is 17.6 Å². The molecule has 0 aliphatic heterocycles. The third-order valence-corrected chi connectivity index (χ3v) is 8.86. The van der Waals surface area contributed by atoms with Crippen LogP contribution in [-0.2, 0) is 9.84 Å². The Balaban J connectivity index is 1.85. The van der Waals surface area contributed by atoms with Gasteiger partial charge in [-0.1, -0.05) is 83.9 Å². The van der Waals surface area contributed by atoms with Gasteiger partial charge in [-0.3, -0.25) is 0 Å². The average Bonchev–Trinajstić information content (AvgIpc) is 2.88. The summed E-state index contributed by atoms with van der Waals surface area (Å²) < 4.78 is 83.0. The maximum absolute atomic E-state index is 14.2. The second kappa shape index (κ2) is 12.2. The van der Waals surface area contributed by atoms with Crippen molar-refractivity contribution in [3.63, 3.8) is 0 Å². The molecule has 0 aliphatic rings. The molecule has 0 spiro atoms. The fourth-order valence-corrected chi connectivity index (χ4v) is 6.38. The number of rotatable bonds is 8. The topological polar surface area (TPSA) is 34.1 Å². The first-order valence-corrected chi connectivity index (χ1v) is 13.9. The maximum atomic E-state index is 14.2. The van der Waals surface area contributed by atoms with Crippen LogP contribution in [0.5, 0.6) is 0 Å². The van der Waals surface area contributed by atoms with E-state index in [4.69, 9.17) is 23.2 Å². The van der Waals surface area contributed by atoms with Crippen LogP contribution in [0, 0.1) is 23.3 Å². The summed E-state index contributed by atoms with van der Waals surface area (Å²) >= 11 is 12.3. The minimum absolute atomic E-state index is 0.0717. The Morgan fingerprint density at radius 1 is 0.538 bits per heavy atom. The van der Waals surface area contributed by atoms with Gasteiger partial charge >= 0.3 is 0 Å². The quantitative estimate of drug-likeness (QED) is 0.192. The number of sulfone groups is 1. The van der Waals surface area contributed by atoms with Crippen LogP contribution in [0.15, 0.2) is 97.1 Å². The van der Waals surface area contributed by atoms with E-state index in [1.54, 1.807) is 0 Å². The van der Waals surface area contributed by atoms with Crippen LogP contribution in [0.2, 0.25) is 10.0 Å². The van der Waals surface area contributed by atoms with Gasteiger partial charge in [0.1, 0.15) is 33.8 Å². The predicted molar refractivity (Wildman–Crippen MR) is 148 cm³/mol. The first-order valence-electron chi connectivity index (χ1n) is 11.5. The van der Waals surface area contributed by atoms with Gasteiger partial charge in [0.15, 0.2) is 9.84 Å². The molecule has 39 heavy (non-hydrogen) atoms. The Labute approximate surface area is 233 Å². The number of hydrogen-bond acceptors (Lipinski definition) is 2. The van der Waals surface area contributed by atoms with Gasteiger partial charge in [-0.15, -0.1) is 0 Å². The van der Waals surface area contributed by atoms with Crippen molar-refractivity contribution in [3.05, 3.63) is 153 Å². The van der Waals surface area contributed by atoms with E-state index in [0.717, 1.165) is 36.4 Å². The van der Waals surface area contributed by atoms with E-state index in [-0.39, 0.29) is 21.2 Å². The molecule has 0 radical (unpaired) electrons. The maximum Gasteiger partial charge on any atom is 0.171 e. The first-order chi connectivity index (χ1) is 18.5. The molecule has 4 rings (SSSR count). The molecule has 0 aromatic heterocycles. The molecule has 9 heteroatoms. The number of benzene rings is 4. The van der Waals surface area contributed by atoms with Gasteiger partial charge in [0.05, 0.1) is 10.0 Å².